The van der Waals surface area contributed by atoms with E-state index in [9.17, 15) is 13.2 Å². The van der Waals surface area contributed by atoms with Gasteiger partial charge in [-0.05, 0) is 77.9 Å². The third-order valence-electron chi connectivity index (χ3n) is 7.34. The number of aromatic nitrogens is 5. The molecule has 1 aliphatic carbocycles. The summed E-state index contributed by atoms with van der Waals surface area (Å²) in [5.74, 6) is -0.419. The number of fused-ring (bicyclic) bond motifs is 1. The molecular formula is C28H34ClFN8O3S. The fraction of sp³-hybridized carbons (Fsp3) is 0.393. The fourth-order valence-electron chi connectivity index (χ4n) is 5.11. The summed E-state index contributed by atoms with van der Waals surface area (Å²) in [4.78, 5) is 33.2. The highest BCUT2D eigenvalue weighted by Crippen LogP contribution is 2.27. The van der Waals surface area contributed by atoms with Crippen molar-refractivity contribution in [3.05, 3.63) is 65.1 Å². The standard InChI is InChI=1S/C28H33FN8O3S.ClH/c1-17(2)37-26-24(16-31-28(34-26)32-19-8-10-20(11-9-19)36(3)4)33-25(27(37)38)18-7-12-23(22(29)14-18)35-41(39,40)21-6-5-13-30-15-21;/h5-7,12-17,19-20,35H,8-11H2,1-4H3,(H,31,32,34);1H. The molecule has 0 atom stereocenters. The largest absolute Gasteiger partial charge is 0.351 e. The number of sulfonamides is 1. The summed E-state index contributed by atoms with van der Waals surface area (Å²) in [6, 6.07) is 7.17. The Hall–Kier alpha value is -3.68. The molecule has 2 N–H and O–H groups in total. The Balaban J connectivity index is 0.00000405. The first kappa shape index (κ1) is 31.3. The lowest BCUT2D eigenvalue weighted by molar-refractivity contribution is 0.221. The second-order valence-electron chi connectivity index (χ2n) is 10.7. The maximum Gasteiger partial charge on any atom is 0.278 e. The maximum absolute atomic E-state index is 15.1. The van der Waals surface area contributed by atoms with E-state index in [1.807, 2.05) is 13.8 Å². The second-order valence-corrected chi connectivity index (χ2v) is 12.4. The van der Waals surface area contributed by atoms with Crippen molar-refractivity contribution in [3.63, 3.8) is 0 Å². The van der Waals surface area contributed by atoms with Crippen LogP contribution in [-0.2, 0) is 10.0 Å². The Morgan fingerprint density at radius 2 is 1.81 bits per heavy atom. The molecule has 4 aromatic rings. The SMILES string of the molecule is CC(C)n1c(=O)c(-c2ccc(NS(=O)(=O)c3cccnc3)c(F)c2)nc2cnc(NC3CCC(N(C)C)CC3)nc21.Cl. The van der Waals surface area contributed by atoms with Crippen molar-refractivity contribution in [2.24, 2.45) is 0 Å². The lowest BCUT2D eigenvalue weighted by Crippen LogP contribution is -2.36. The first-order valence-corrected chi connectivity index (χ1v) is 15.0. The molecule has 0 saturated heterocycles. The Morgan fingerprint density at radius 1 is 1.07 bits per heavy atom. The van der Waals surface area contributed by atoms with E-state index in [-0.39, 0.29) is 46.3 Å². The molecule has 1 saturated carbocycles. The van der Waals surface area contributed by atoms with Crippen LogP contribution in [0.25, 0.3) is 22.4 Å². The van der Waals surface area contributed by atoms with Gasteiger partial charge >= 0.3 is 0 Å². The van der Waals surface area contributed by atoms with E-state index in [1.54, 1.807) is 6.20 Å². The molecule has 11 nitrogen and oxygen atoms in total. The van der Waals surface area contributed by atoms with Gasteiger partial charge in [-0.1, -0.05) is 6.07 Å². The van der Waals surface area contributed by atoms with E-state index in [1.165, 1.54) is 41.2 Å². The van der Waals surface area contributed by atoms with Gasteiger partial charge in [0.1, 0.15) is 21.9 Å². The molecular weight excluding hydrogens is 583 g/mol. The van der Waals surface area contributed by atoms with Crippen molar-refractivity contribution in [2.45, 2.75) is 62.6 Å². The molecule has 0 bridgehead atoms. The quantitative estimate of drug-likeness (QED) is 0.294. The number of rotatable bonds is 8. The molecule has 0 spiro atoms. The molecule has 1 aliphatic rings. The van der Waals surface area contributed by atoms with Gasteiger partial charge in [0.15, 0.2) is 5.65 Å². The minimum Gasteiger partial charge on any atom is -0.351 e. The highest BCUT2D eigenvalue weighted by Gasteiger charge is 2.24. The normalized spacial score (nSPS) is 17.3. The van der Waals surface area contributed by atoms with Crippen LogP contribution in [0.5, 0.6) is 0 Å². The van der Waals surface area contributed by atoms with Crippen molar-refractivity contribution >= 4 is 45.2 Å². The number of hydrogen-bond acceptors (Lipinski definition) is 9. The number of pyridine rings is 1. The van der Waals surface area contributed by atoms with Crippen LogP contribution in [0, 0.1) is 5.82 Å². The predicted molar refractivity (Wildman–Crippen MR) is 163 cm³/mol. The summed E-state index contributed by atoms with van der Waals surface area (Å²) in [6.45, 7) is 3.72. The molecule has 224 valence electrons. The smallest absolute Gasteiger partial charge is 0.278 e. The van der Waals surface area contributed by atoms with Gasteiger partial charge in [-0.3, -0.25) is 19.1 Å². The number of benzene rings is 1. The van der Waals surface area contributed by atoms with Crippen molar-refractivity contribution < 1.29 is 12.8 Å². The van der Waals surface area contributed by atoms with E-state index in [0.717, 1.165) is 31.7 Å². The molecule has 1 fully saturated rings. The molecule has 42 heavy (non-hydrogen) atoms. The van der Waals surface area contributed by atoms with Gasteiger partial charge in [0.05, 0.1) is 11.9 Å². The van der Waals surface area contributed by atoms with Gasteiger partial charge in [-0.25, -0.2) is 22.8 Å². The van der Waals surface area contributed by atoms with E-state index < -0.39 is 21.4 Å². The van der Waals surface area contributed by atoms with E-state index >= 15 is 4.39 Å². The summed E-state index contributed by atoms with van der Waals surface area (Å²) in [5.41, 5.74) is 0.283. The number of halogens is 2. The first-order chi connectivity index (χ1) is 19.5. The summed E-state index contributed by atoms with van der Waals surface area (Å²) < 4.78 is 44.1. The predicted octanol–water partition coefficient (Wildman–Crippen LogP) is 4.48. The molecule has 1 aromatic carbocycles. The van der Waals surface area contributed by atoms with Crippen molar-refractivity contribution in [1.82, 2.24) is 29.4 Å². The minimum atomic E-state index is -4.05. The lowest BCUT2D eigenvalue weighted by Gasteiger charge is -2.32. The van der Waals surface area contributed by atoms with Gasteiger partial charge in [0.25, 0.3) is 15.6 Å². The van der Waals surface area contributed by atoms with Crippen LogP contribution < -0.4 is 15.6 Å². The van der Waals surface area contributed by atoms with Crippen LogP contribution in [0.1, 0.15) is 45.6 Å². The zero-order chi connectivity index (χ0) is 29.3. The molecule has 3 aromatic heterocycles. The van der Waals surface area contributed by atoms with Crippen LogP contribution >= 0.6 is 12.4 Å². The minimum absolute atomic E-state index is 0. The molecule has 3 heterocycles. The average molecular weight is 617 g/mol. The van der Waals surface area contributed by atoms with Crippen molar-refractivity contribution in [3.8, 4) is 11.3 Å². The Bertz CT molecular complexity index is 1730. The molecule has 5 rings (SSSR count). The van der Waals surface area contributed by atoms with Gasteiger partial charge < -0.3 is 10.2 Å². The third-order valence-corrected chi connectivity index (χ3v) is 8.69. The highest BCUT2D eigenvalue weighted by molar-refractivity contribution is 7.92. The van der Waals surface area contributed by atoms with Gasteiger partial charge in [-0.2, -0.15) is 4.98 Å². The monoisotopic (exact) mass is 616 g/mol. The fourth-order valence-corrected chi connectivity index (χ4v) is 6.14. The first-order valence-electron chi connectivity index (χ1n) is 13.5. The lowest BCUT2D eigenvalue weighted by atomic mass is 9.91. The Kier molecular flexibility index (Phi) is 9.43. The molecule has 0 radical (unpaired) electrons. The number of anilines is 2. The summed E-state index contributed by atoms with van der Waals surface area (Å²) >= 11 is 0. The third kappa shape index (κ3) is 6.53. The second kappa shape index (κ2) is 12.7. The van der Waals surface area contributed by atoms with Crippen LogP contribution in [0.3, 0.4) is 0 Å². The van der Waals surface area contributed by atoms with Crippen LogP contribution in [0.15, 0.2) is 58.6 Å². The summed E-state index contributed by atoms with van der Waals surface area (Å²) in [5, 5.41) is 3.41. The number of nitrogens with zero attached hydrogens (tertiary/aromatic N) is 6. The zero-order valence-corrected chi connectivity index (χ0v) is 25.4. The van der Waals surface area contributed by atoms with E-state index in [4.69, 9.17) is 0 Å². The van der Waals surface area contributed by atoms with Gasteiger partial charge in [-0.15, -0.1) is 12.4 Å². The molecule has 0 unspecified atom stereocenters. The van der Waals surface area contributed by atoms with Crippen LogP contribution in [-0.4, -0.2) is 64.0 Å². The Morgan fingerprint density at radius 3 is 2.43 bits per heavy atom. The van der Waals surface area contributed by atoms with E-state index in [2.05, 4.69) is 49.0 Å². The highest BCUT2D eigenvalue weighted by atomic mass is 35.5. The average Bonchev–Trinajstić information content (AvgIpc) is 2.94. The summed E-state index contributed by atoms with van der Waals surface area (Å²) in [7, 11) is 0.157. The molecule has 0 aliphatic heterocycles. The summed E-state index contributed by atoms with van der Waals surface area (Å²) in [6.07, 6.45) is 8.33. The number of nitrogens with one attached hydrogen (secondary N) is 2. The van der Waals surface area contributed by atoms with Gasteiger partial charge in [0, 0.05) is 36.1 Å². The Labute approximate surface area is 250 Å². The number of hydrogen-bond donors (Lipinski definition) is 2. The van der Waals surface area contributed by atoms with Crippen molar-refractivity contribution in [2.75, 3.05) is 24.1 Å². The van der Waals surface area contributed by atoms with Crippen LogP contribution in [0.2, 0.25) is 0 Å². The molecule has 14 heteroatoms. The van der Waals surface area contributed by atoms with Crippen LogP contribution in [0.4, 0.5) is 16.0 Å². The topological polar surface area (TPSA) is 135 Å². The zero-order valence-electron chi connectivity index (χ0n) is 23.8. The van der Waals surface area contributed by atoms with E-state index in [0.29, 0.717) is 23.2 Å². The molecule has 0 amide bonds. The maximum atomic E-state index is 15.1. The van der Waals surface area contributed by atoms with Crippen molar-refractivity contribution in [1.29, 1.82) is 0 Å². The van der Waals surface area contributed by atoms with Gasteiger partial charge in [0.2, 0.25) is 5.95 Å².